The Morgan fingerprint density at radius 1 is 0.897 bits per heavy atom. The first-order valence-corrected chi connectivity index (χ1v) is 13.0. The van der Waals surface area contributed by atoms with Crippen LogP contribution in [0.4, 0.5) is 20.7 Å². The number of rotatable bonds is 7. The lowest BCUT2D eigenvalue weighted by Gasteiger charge is -2.37. The van der Waals surface area contributed by atoms with Gasteiger partial charge in [0, 0.05) is 42.3 Å². The van der Waals surface area contributed by atoms with Crippen LogP contribution in [0.25, 0.3) is 11.1 Å². The fourth-order valence-electron chi connectivity index (χ4n) is 4.95. The third-order valence-electron chi connectivity index (χ3n) is 7.02. The Labute approximate surface area is 227 Å². The van der Waals surface area contributed by atoms with E-state index in [1.807, 2.05) is 65.6 Å². The lowest BCUT2D eigenvalue weighted by molar-refractivity contribution is 0.240. The van der Waals surface area contributed by atoms with Gasteiger partial charge in [0.05, 0.1) is 5.56 Å². The van der Waals surface area contributed by atoms with Crippen LogP contribution in [0, 0.1) is 17.3 Å². The molecule has 2 heterocycles. The minimum Gasteiger partial charge on any atom is -0.367 e. The largest absolute Gasteiger partial charge is 0.367 e. The molecule has 1 aliphatic carbocycles. The van der Waals surface area contributed by atoms with Gasteiger partial charge in [-0.25, -0.2) is 14.8 Å². The number of pyridine rings is 2. The van der Waals surface area contributed by atoms with Crippen molar-refractivity contribution in [3.8, 4) is 17.2 Å². The minimum atomic E-state index is -0.517. The number of anilines is 2. The Bertz CT molecular complexity index is 1410. The van der Waals surface area contributed by atoms with Crippen LogP contribution < -0.4 is 15.5 Å². The molecule has 5 rings (SSSR count). The second-order valence-corrected chi connectivity index (χ2v) is 9.62. The molecule has 4 aromatic rings. The Balaban J connectivity index is 1.30. The summed E-state index contributed by atoms with van der Waals surface area (Å²) in [7, 11) is 0. The maximum atomic E-state index is 13.6. The predicted octanol–water partition coefficient (Wildman–Crippen LogP) is 6.29. The molecular weight excluding hydrogens is 491 g/mol. The number of carbonyl (C=O) groups excluding carboxylic acids is 1. The third-order valence-corrected chi connectivity index (χ3v) is 7.02. The van der Waals surface area contributed by atoms with Crippen LogP contribution in [0.5, 0.6) is 0 Å². The molecule has 1 saturated carbocycles. The summed E-state index contributed by atoms with van der Waals surface area (Å²) >= 11 is 0. The highest BCUT2D eigenvalue weighted by molar-refractivity contribution is 5.93. The van der Waals surface area contributed by atoms with E-state index in [2.05, 4.69) is 26.7 Å². The molecule has 2 amide bonds. The maximum absolute atomic E-state index is 13.6. The van der Waals surface area contributed by atoms with Crippen LogP contribution in [0.15, 0.2) is 91.3 Å². The number of nitriles is 1. The Hall–Kier alpha value is -4.77. The molecule has 0 radical (unpaired) electrons. The van der Waals surface area contributed by atoms with Crippen molar-refractivity contribution >= 4 is 17.5 Å². The maximum Gasteiger partial charge on any atom is 0.322 e. The van der Waals surface area contributed by atoms with E-state index in [-0.39, 0.29) is 18.1 Å². The number of halogens is 1. The van der Waals surface area contributed by atoms with E-state index in [0.717, 1.165) is 53.9 Å². The zero-order chi connectivity index (χ0) is 27.0. The average Bonchev–Trinajstić information content (AvgIpc) is 2.99. The van der Waals surface area contributed by atoms with Crippen molar-refractivity contribution in [3.63, 3.8) is 0 Å². The Morgan fingerprint density at radius 2 is 1.64 bits per heavy atom. The summed E-state index contributed by atoms with van der Waals surface area (Å²) in [4.78, 5) is 23.5. The number of nitrogens with one attached hydrogen (secondary N) is 2. The lowest BCUT2D eigenvalue weighted by atomic mass is 9.89. The van der Waals surface area contributed by atoms with Gasteiger partial charge in [-0.15, -0.1) is 0 Å². The van der Waals surface area contributed by atoms with Gasteiger partial charge in [-0.05, 0) is 73.2 Å². The number of hydrogen-bond donors (Lipinski definition) is 2. The zero-order valence-corrected chi connectivity index (χ0v) is 21.4. The number of urea groups is 1. The zero-order valence-electron chi connectivity index (χ0n) is 21.4. The van der Waals surface area contributed by atoms with E-state index in [4.69, 9.17) is 5.26 Å². The highest BCUT2D eigenvalue weighted by atomic mass is 19.1. The molecule has 0 unspecified atom stereocenters. The van der Waals surface area contributed by atoms with Gasteiger partial charge in [0.25, 0.3) is 0 Å². The van der Waals surface area contributed by atoms with E-state index >= 15 is 0 Å². The van der Waals surface area contributed by atoms with Crippen molar-refractivity contribution in [1.82, 2.24) is 15.3 Å². The fourth-order valence-corrected chi connectivity index (χ4v) is 4.95. The highest BCUT2D eigenvalue weighted by Gasteiger charge is 2.30. The van der Waals surface area contributed by atoms with Gasteiger partial charge in [-0.2, -0.15) is 9.65 Å². The normalized spacial score (nSPS) is 16.6. The quantitative estimate of drug-likeness (QED) is 0.279. The molecule has 1 aliphatic rings. The Morgan fingerprint density at radius 3 is 2.28 bits per heavy atom. The second kappa shape index (κ2) is 12.2. The summed E-state index contributed by atoms with van der Waals surface area (Å²) in [6.45, 7) is 0.441. The van der Waals surface area contributed by atoms with E-state index in [0.29, 0.717) is 12.1 Å². The van der Waals surface area contributed by atoms with E-state index < -0.39 is 5.95 Å². The molecule has 0 bridgehead atoms. The number of hydrogen-bond acceptors (Lipinski definition) is 5. The predicted molar refractivity (Wildman–Crippen MR) is 149 cm³/mol. The van der Waals surface area contributed by atoms with E-state index in [9.17, 15) is 9.18 Å². The molecule has 8 heteroatoms. The average molecular weight is 521 g/mol. The Kier molecular flexibility index (Phi) is 8.08. The summed E-state index contributed by atoms with van der Waals surface area (Å²) in [5, 5.41) is 15.5. The number of amides is 2. The standard InChI is InChI=1S/C31H29FN6O/c32-29-16-9-25(21-34-29)24-7-12-27(13-8-24)38(31(39)36-19-22-4-2-1-3-5-22)28-14-10-26(11-15-28)37-30-17-6-23(18-33)20-35-30/h1-9,12-13,16-17,20-21,26,28H,10-11,14-15,19H2,(H,35,37)(H,36,39). The number of aromatic nitrogens is 2. The van der Waals surface area contributed by atoms with Gasteiger partial charge in [-0.1, -0.05) is 42.5 Å². The van der Waals surface area contributed by atoms with Crippen LogP contribution in [0.1, 0.15) is 36.8 Å². The van der Waals surface area contributed by atoms with Crippen LogP contribution >= 0.6 is 0 Å². The van der Waals surface area contributed by atoms with Crippen LogP contribution in [-0.2, 0) is 6.54 Å². The monoisotopic (exact) mass is 520 g/mol. The first-order valence-electron chi connectivity index (χ1n) is 13.0. The van der Waals surface area contributed by atoms with Gasteiger partial charge in [0.1, 0.15) is 11.9 Å². The minimum absolute atomic E-state index is 0.0334. The van der Waals surface area contributed by atoms with Crippen LogP contribution in [0.3, 0.4) is 0 Å². The topological polar surface area (TPSA) is 93.9 Å². The van der Waals surface area contributed by atoms with Gasteiger partial charge in [0.15, 0.2) is 0 Å². The van der Waals surface area contributed by atoms with Crippen molar-refractivity contribution in [2.24, 2.45) is 0 Å². The molecule has 0 spiro atoms. The van der Waals surface area contributed by atoms with Crippen molar-refractivity contribution in [1.29, 1.82) is 5.26 Å². The van der Waals surface area contributed by atoms with Crippen molar-refractivity contribution < 1.29 is 9.18 Å². The molecule has 2 aromatic heterocycles. The van der Waals surface area contributed by atoms with Gasteiger partial charge >= 0.3 is 6.03 Å². The molecule has 0 saturated heterocycles. The SMILES string of the molecule is N#Cc1ccc(NC2CCC(N(C(=O)NCc3ccccc3)c3ccc(-c4ccc(F)nc4)cc3)CC2)nc1. The summed E-state index contributed by atoms with van der Waals surface area (Å²) < 4.78 is 13.3. The van der Waals surface area contributed by atoms with Gasteiger partial charge in [-0.3, -0.25) is 4.90 Å². The van der Waals surface area contributed by atoms with E-state index in [1.165, 1.54) is 12.3 Å². The highest BCUT2D eigenvalue weighted by Crippen LogP contribution is 2.31. The molecule has 196 valence electrons. The van der Waals surface area contributed by atoms with Crippen molar-refractivity contribution in [2.45, 2.75) is 44.3 Å². The van der Waals surface area contributed by atoms with Crippen molar-refractivity contribution in [2.75, 3.05) is 10.2 Å². The van der Waals surface area contributed by atoms with Gasteiger partial charge < -0.3 is 10.6 Å². The lowest BCUT2D eigenvalue weighted by Crippen LogP contribution is -2.48. The first kappa shape index (κ1) is 25.9. The fraction of sp³-hybridized carbons (Fsp3) is 0.226. The van der Waals surface area contributed by atoms with Gasteiger partial charge in [0.2, 0.25) is 5.95 Å². The smallest absolute Gasteiger partial charge is 0.322 e. The molecule has 2 aromatic carbocycles. The number of carbonyl (C=O) groups is 1. The van der Waals surface area contributed by atoms with E-state index in [1.54, 1.807) is 18.3 Å². The number of nitrogens with zero attached hydrogens (tertiary/aromatic N) is 4. The summed E-state index contributed by atoms with van der Waals surface area (Å²) in [6, 6.07) is 26.4. The van der Waals surface area contributed by atoms with Crippen LogP contribution in [-0.4, -0.2) is 28.1 Å². The second-order valence-electron chi connectivity index (χ2n) is 9.62. The molecule has 0 aliphatic heterocycles. The van der Waals surface area contributed by atoms with Crippen molar-refractivity contribution in [3.05, 3.63) is 108 Å². The molecule has 39 heavy (non-hydrogen) atoms. The summed E-state index contributed by atoms with van der Waals surface area (Å²) in [5.74, 6) is 0.234. The molecular formula is C31H29FN6O. The molecule has 0 atom stereocenters. The molecule has 1 fully saturated rings. The summed E-state index contributed by atoms with van der Waals surface area (Å²) in [6.07, 6.45) is 6.50. The molecule has 2 N–H and O–H groups in total. The first-order chi connectivity index (χ1) is 19.1. The third kappa shape index (κ3) is 6.57. The summed E-state index contributed by atoms with van der Waals surface area (Å²) in [5.41, 5.74) is 4.09. The number of benzene rings is 2. The molecule has 7 nitrogen and oxygen atoms in total. The van der Waals surface area contributed by atoms with Crippen LogP contribution in [0.2, 0.25) is 0 Å².